The second kappa shape index (κ2) is 9.64. The molecule has 3 heteroatoms. The van der Waals surface area contributed by atoms with E-state index < -0.39 is 0 Å². The van der Waals surface area contributed by atoms with Gasteiger partial charge in [-0.05, 0) is 30.7 Å². The Kier molecular flexibility index (Phi) is 9.70. The van der Waals surface area contributed by atoms with Crippen LogP contribution in [0.1, 0.15) is 26.2 Å². The summed E-state index contributed by atoms with van der Waals surface area (Å²) in [5.41, 5.74) is 0. The van der Waals surface area contributed by atoms with Crippen molar-refractivity contribution in [3.05, 3.63) is 34.3 Å². The fourth-order valence-corrected chi connectivity index (χ4v) is 1.21. The van der Waals surface area contributed by atoms with Crippen molar-refractivity contribution < 1.29 is 0 Å². The van der Waals surface area contributed by atoms with E-state index in [2.05, 4.69) is 6.92 Å². The largest absolute Gasteiger partial charge is 0.127 e. The van der Waals surface area contributed by atoms with E-state index in [4.69, 9.17) is 34.8 Å². The molecule has 0 saturated heterocycles. The molecule has 0 amide bonds. The highest BCUT2D eigenvalue weighted by Gasteiger charge is 1.83. The molecule has 0 radical (unpaired) electrons. The molecule has 1 rings (SSSR count). The van der Waals surface area contributed by atoms with E-state index >= 15 is 0 Å². The number of unbranched alkanes of at least 4 members (excludes halogenated alkanes) is 2. The van der Waals surface area contributed by atoms with Crippen molar-refractivity contribution in [2.75, 3.05) is 5.88 Å². The lowest BCUT2D eigenvalue weighted by Gasteiger charge is -1.86. The summed E-state index contributed by atoms with van der Waals surface area (Å²) in [4.78, 5) is 0. The van der Waals surface area contributed by atoms with E-state index in [1.54, 1.807) is 24.3 Å². The van der Waals surface area contributed by atoms with Gasteiger partial charge in [-0.25, -0.2) is 0 Å². The van der Waals surface area contributed by atoms with Crippen molar-refractivity contribution in [3.8, 4) is 0 Å². The first-order chi connectivity index (χ1) is 6.70. The lowest BCUT2D eigenvalue weighted by Crippen LogP contribution is -1.70. The normalized spacial score (nSPS) is 9.14. The summed E-state index contributed by atoms with van der Waals surface area (Å²) in [6.07, 6.45) is 3.73. The van der Waals surface area contributed by atoms with Crippen LogP contribution in [0.4, 0.5) is 0 Å². The molecule has 0 bridgehead atoms. The van der Waals surface area contributed by atoms with Crippen LogP contribution in [-0.2, 0) is 0 Å². The SMILES string of the molecule is CCCCCCl.Clc1ccc(Cl)cc1. The Morgan fingerprint density at radius 1 is 0.929 bits per heavy atom. The maximum absolute atomic E-state index is 5.55. The van der Waals surface area contributed by atoms with E-state index in [9.17, 15) is 0 Å². The Morgan fingerprint density at radius 3 is 1.57 bits per heavy atom. The maximum atomic E-state index is 5.55. The van der Waals surface area contributed by atoms with Gasteiger partial charge in [0.25, 0.3) is 0 Å². The van der Waals surface area contributed by atoms with Gasteiger partial charge in [-0.3, -0.25) is 0 Å². The lowest BCUT2D eigenvalue weighted by molar-refractivity contribution is 0.776. The van der Waals surface area contributed by atoms with Gasteiger partial charge in [0, 0.05) is 15.9 Å². The van der Waals surface area contributed by atoms with Crippen LogP contribution in [0, 0.1) is 0 Å². The quantitative estimate of drug-likeness (QED) is 0.499. The Hall–Kier alpha value is 0.0900. The first-order valence-corrected chi connectivity index (χ1v) is 5.96. The number of alkyl halides is 1. The molecular weight excluding hydrogens is 238 g/mol. The van der Waals surface area contributed by atoms with E-state index in [1.807, 2.05) is 0 Å². The summed E-state index contributed by atoms with van der Waals surface area (Å²) in [5, 5.41) is 1.43. The Labute approximate surface area is 101 Å². The molecule has 0 aliphatic carbocycles. The summed E-state index contributed by atoms with van der Waals surface area (Å²) in [6, 6.07) is 7.02. The molecule has 0 N–H and O–H groups in total. The Bertz CT molecular complexity index is 193. The average Bonchev–Trinajstić information content (AvgIpc) is 2.20. The molecule has 0 fully saturated rings. The van der Waals surface area contributed by atoms with Crippen LogP contribution >= 0.6 is 34.8 Å². The molecule has 0 atom stereocenters. The van der Waals surface area contributed by atoms with E-state index in [-0.39, 0.29) is 0 Å². The van der Waals surface area contributed by atoms with Gasteiger partial charge in [0.1, 0.15) is 0 Å². The summed E-state index contributed by atoms with van der Waals surface area (Å²) >= 11 is 16.5. The summed E-state index contributed by atoms with van der Waals surface area (Å²) in [7, 11) is 0. The van der Waals surface area contributed by atoms with Crippen LogP contribution in [0.2, 0.25) is 10.0 Å². The number of hydrogen-bond donors (Lipinski definition) is 0. The molecule has 0 aliphatic heterocycles. The van der Waals surface area contributed by atoms with Crippen molar-refractivity contribution in [3.63, 3.8) is 0 Å². The minimum absolute atomic E-state index is 0.717. The molecule has 0 saturated carbocycles. The van der Waals surface area contributed by atoms with Gasteiger partial charge in [0.15, 0.2) is 0 Å². The van der Waals surface area contributed by atoms with Gasteiger partial charge in [-0.2, -0.15) is 0 Å². The highest BCUT2D eigenvalue weighted by Crippen LogP contribution is 2.12. The first kappa shape index (κ1) is 14.1. The number of halogens is 3. The molecule has 0 aromatic heterocycles. The van der Waals surface area contributed by atoms with Crippen LogP contribution in [-0.4, -0.2) is 5.88 Å². The monoisotopic (exact) mass is 252 g/mol. The van der Waals surface area contributed by atoms with Gasteiger partial charge in [0.2, 0.25) is 0 Å². The number of rotatable bonds is 3. The zero-order chi connectivity index (χ0) is 10.8. The van der Waals surface area contributed by atoms with Crippen molar-refractivity contribution in [1.82, 2.24) is 0 Å². The molecule has 0 nitrogen and oxygen atoms in total. The van der Waals surface area contributed by atoms with Crippen molar-refractivity contribution >= 4 is 34.8 Å². The third-order valence-corrected chi connectivity index (χ3v) is 2.31. The maximum Gasteiger partial charge on any atom is 0.0407 e. The van der Waals surface area contributed by atoms with Crippen LogP contribution in [0.15, 0.2) is 24.3 Å². The van der Waals surface area contributed by atoms with E-state index in [1.165, 1.54) is 19.3 Å². The van der Waals surface area contributed by atoms with Crippen molar-refractivity contribution in [2.45, 2.75) is 26.2 Å². The van der Waals surface area contributed by atoms with E-state index in [0.717, 1.165) is 15.9 Å². The number of benzene rings is 1. The molecule has 0 aliphatic rings. The van der Waals surface area contributed by atoms with Crippen LogP contribution in [0.25, 0.3) is 0 Å². The molecule has 0 spiro atoms. The van der Waals surface area contributed by atoms with Gasteiger partial charge in [-0.15, -0.1) is 11.6 Å². The van der Waals surface area contributed by atoms with Gasteiger partial charge in [0.05, 0.1) is 0 Å². The van der Waals surface area contributed by atoms with Gasteiger partial charge >= 0.3 is 0 Å². The molecule has 0 heterocycles. The molecule has 1 aromatic carbocycles. The fourth-order valence-electron chi connectivity index (χ4n) is 0.774. The highest BCUT2D eigenvalue weighted by molar-refractivity contribution is 6.32. The topological polar surface area (TPSA) is 0 Å². The predicted molar refractivity (Wildman–Crippen MR) is 66.7 cm³/mol. The molecule has 14 heavy (non-hydrogen) atoms. The van der Waals surface area contributed by atoms with Crippen LogP contribution in [0.5, 0.6) is 0 Å². The van der Waals surface area contributed by atoms with Crippen LogP contribution in [0.3, 0.4) is 0 Å². The van der Waals surface area contributed by atoms with Gasteiger partial charge in [-0.1, -0.05) is 43.0 Å². The molecule has 1 aromatic rings. The molecule has 80 valence electrons. The predicted octanol–water partition coefficient (Wildman–Crippen LogP) is 5.41. The summed E-state index contributed by atoms with van der Waals surface area (Å²) in [5.74, 6) is 0.827. The third kappa shape index (κ3) is 8.68. The standard InChI is InChI=1S/C6H4Cl2.C5H11Cl/c7-5-1-2-6(8)4-3-5;1-2-3-4-5-6/h1-4H;2-5H2,1H3. The smallest absolute Gasteiger partial charge is 0.0407 e. The Morgan fingerprint density at radius 2 is 1.36 bits per heavy atom. The minimum Gasteiger partial charge on any atom is -0.127 e. The van der Waals surface area contributed by atoms with Crippen molar-refractivity contribution in [1.29, 1.82) is 0 Å². The highest BCUT2D eigenvalue weighted by atomic mass is 35.5. The third-order valence-electron chi connectivity index (χ3n) is 1.54. The number of hydrogen-bond acceptors (Lipinski definition) is 0. The van der Waals surface area contributed by atoms with Crippen molar-refractivity contribution in [2.24, 2.45) is 0 Å². The zero-order valence-corrected chi connectivity index (χ0v) is 10.5. The minimum atomic E-state index is 0.717. The first-order valence-electron chi connectivity index (χ1n) is 4.67. The zero-order valence-electron chi connectivity index (χ0n) is 8.27. The van der Waals surface area contributed by atoms with E-state index in [0.29, 0.717) is 0 Å². The lowest BCUT2D eigenvalue weighted by atomic mass is 10.3. The molecule has 0 unspecified atom stereocenters. The fraction of sp³-hybridized carbons (Fsp3) is 0.455. The average molecular weight is 254 g/mol. The van der Waals surface area contributed by atoms with Crippen LogP contribution < -0.4 is 0 Å². The molecular formula is C11H15Cl3. The second-order valence-electron chi connectivity index (χ2n) is 2.83. The second-order valence-corrected chi connectivity index (χ2v) is 4.08. The van der Waals surface area contributed by atoms with Gasteiger partial charge < -0.3 is 0 Å². The summed E-state index contributed by atoms with van der Waals surface area (Å²) in [6.45, 7) is 2.17. The Balaban J connectivity index is 0.000000255. The summed E-state index contributed by atoms with van der Waals surface area (Å²) < 4.78 is 0.